The van der Waals surface area contributed by atoms with Crippen LogP contribution in [0.1, 0.15) is 53.2 Å². The van der Waals surface area contributed by atoms with Gasteiger partial charge in [0.2, 0.25) is 0 Å². The van der Waals surface area contributed by atoms with E-state index in [1.807, 2.05) is 13.0 Å². The highest BCUT2D eigenvalue weighted by atomic mass is 32.2. The van der Waals surface area contributed by atoms with E-state index in [-0.39, 0.29) is 23.5 Å². The maximum atomic E-state index is 12.9. The van der Waals surface area contributed by atoms with E-state index in [2.05, 4.69) is 13.8 Å². The molecule has 1 saturated heterocycles. The molecular formula is C16H25NO3S2. The van der Waals surface area contributed by atoms with Crippen molar-refractivity contribution in [2.24, 2.45) is 0 Å². The highest BCUT2D eigenvalue weighted by Crippen LogP contribution is 2.26. The predicted molar refractivity (Wildman–Crippen MR) is 91.4 cm³/mol. The molecule has 124 valence electrons. The normalized spacial score (nSPS) is 20.2. The fourth-order valence-electron chi connectivity index (χ4n) is 2.92. The summed E-state index contributed by atoms with van der Waals surface area (Å²) in [5, 5.41) is 0. The summed E-state index contributed by atoms with van der Waals surface area (Å²) in [6.07, 6.45) is 3.39. The third-order valence-electron chi connectivity index (χ3n) is 4.27. The number of carbonyl (C=O) groups excluding carboxylic acids is 1. The number of hydrogen-bond acceptors (Lipinski definition) is 4. The van der Waals surface area contributed by atoms with Gasteiger partial charge in [-0.3, -0.25) is 4.79 Å². The molecule has 2 rings (SSSR count). The van der Waals surface area contributed by atoms with E-state index in [4.69, 9.17) is 0 Å². The number of rotatable bonds is 6. The molecule has 1 aromatic heterocycles. The summed E-state index contributed by atoms with van der Waals surface area (Å²) in [4.78, 5) is 16.6. The Morgan fingerprint density at radius 2 is 2.14 bits per heavy atom. The molecule has 6 heteroatoms. The molecule has 0 aliphatic carbocycles. The van der Waals surface area contributed by atoms with Gasteiger partial charge in [0.15, 0.2) is 9.84 Å². The first-order valence-electron chi connectivity index (χ1n) is 7.98. The van der Waals surface area contributed by atoms with E-state index in [0.29, 0.717) is 13.0 Å². The number of unbranched alkanes of at least 4 members (excludes halogenated alkanes) is 1. The molecule has 0 bridgehead atoms. The first-order valence-corrected chi connectivity index (χ1v) is 10.6. The van der Waals surface area contributed by atoms with Gasteiger partial charge >= 0.3 is 0 Å². The minimum atomic E-state index is -2.98. The molecule has 1 unspecified atom stereocenters. The van der Waals surface area contributed by atoms with Crippen LogP contribution in [0.5, 0.6) is 0 Å². The number of sulfone groups is 1. The third-order valence-corrected chi connectivity index (χ3v) is 7.11. The topological polar surface area (TPSA) is 54.5 Å². The lowest BCUT2D eigenvalue weighted by Crippen LogP contribution is -2.41. The van der Waals surface area contributed by atoms with Gasteiger partial charge in [-0.05, 0) is 37.8 Å². The van der Waals surface area contributed by atoms with Gasteiger partial charge in [-0.15, -0.1) is 11.3 Å². The number of carbonyl (C=O) groups is 1. The number of thiophene rings is 1. The van der Waals surface area contributed by atoms with Gasteiger partial charge < -0.3 is 4.90 Å². The SMILES string of the molecule is CCCCN(C(=O)c1cc(CC)c(C)s1)C1CCS(=O)(=O)C1. The zero-order valence-corrected chi connectivity index (χ0v) is 15.2. The molecular weight excluding hydrogens is 318 g/mol. The summed E-state index contributed by atoms with van der Waals surface area (Å²) in [6.45, 7) is 6.85. The van der Waals surface area contributed by atoms with Crippen molar-refractivity contribution in [3.05, 3.63) is 21.4 Å². The average molecular weight is 344 g/mol. The minimum Gasteiger partial charge on any atom is -0.334 e. The van der Waals surface area contributed by atoms with Crippen molar-refractivity contribution < 1.29 is 13.2 Å². The van der Waals surface area contributed by atoms with Gasteiger partial charge in [-0.1, -0.05) is 20.3 Å². The van der Waals surface area contributed by atoms with Gasteiger partial charge in [0.1, 0.15) is 0 Å². The van der Waals surface area contributed by atoms with Crippen LogP contribution in [0.2, 0.25) is 0 Å². The van der Waals surface area contributed by atoms with E-state index >= 15 is 0 Å². The lowest BCUT2D eigenvalue weighted by molar-refractivity contribution is 0.0699. The molecule has 0 radical (unpaired) electrons. The lowest BCUT2D eigenvalue weighted by Gasteiger charge is -2.27. The highest BCUT2D eigenvalue weighted by molar-refractivity contribution is 7.91. The molecule has 1 aliphatic heterocycles. The van der Waals surface area contributed by atoms with Crippen LogP contribution in [-0.2, 0) is 16.3 Å². The average Bonchev–Trinajstić information content (AvgIpc) is 3.01. The number of nitrogens with zero attached hydrogens (tertiary/aromatic N) is 1. The Balaban J connectivity index is 2.22. The summed E-state index contributed by atoms with van der Waals surface area (Å²) in [7, 11) is -2.98. The van der Waals surface area contributed by atoms with Crippen LogP contribution >= 0.6 is 11.3 Å². The highest BCUT2D eigenvalue weighted by Gasteiger charge is 2.35. The van der Waals surface area contributed by atoms with Crippen LogP contribution in [0, 0.1) is 6.92 Å². The third kappa shape index (κ3) is 3.90. The van der Waals surface area contributed by atoms with E-state index in [1.165, 1.54) is 21.8 Å². The molecule has 22 heavy (non-hydrogen) atoms. The fraction of sp³-hybridized carbons (Fsp3) is 0.688. The fourth-order valence-corrected chi connectivity index (χ4v) is 5.72. The van der Waals surface area contributed by atoms with Gasteiger partial charge in [0, 0.05) is 17.5 Å². The van der Waals surface area contributed by atoms with Crippen LogP contribution in [-0.4, -0.2) is 43.3 Å². The molecule has 0 aromatic carbocycles. The second-order valence-corrected chi connectivity index (χ2v) is 9.44. The Morgan fingerprint density at radius 1 is 1.41 bits per heavy atom. The molecule has 1 atom stereocenters. The first kappa shape index (κ1) is 17.5. The summed E-state index contributed by atoms with van der Waals surface area (Å²) >= 11 is 1.53. The second-order valence-electron chi connectivity index (χ2n) is 5.95. The van der Waals surface area contributed by atoms with E-state index in [1.54, 1.807) is 4.90 Å². The quantitative estimate of drug-likeness (QED) is 0.798. The van der Waals surface area contributed by atoms with Gasteiger partial charge in [0.25, 0.3) is 5.91 Å². The number of amides is 1. The van der Waals surface area contributed by atoms with Crippen LogP contribution in [0.4, 0.5) is 0 Å². The second kappa shape index (κ2) is 7.13. The summed E-state index contributed by atoms with van der Waals surface area (Å²) < 4.78 is 23.5. The van der Waals surface area contributed by atoms with Crippen molar-refractivity contribution in [1.82, 2.24) is 4.90 Å². The summed E-state index contributed by atoms with van der Waals surface area (Å²) in [5.41, 5.74) is 1.21. The Hall–Kier alpha value is -0.880. The largest absolute Gasteiger partial charge is 0.334 e. The molecule has 0 saturated carbocycles. The lowest BCUT2D eigenvalue weighted by atomic mass is 10.1. The van der Waals surface area contributed by atoms with Gasteiger partial charge in [-0.25, -0.2) is 8.42 Å². The Labute approximate surface area is 137 Å². The zero-order valence-electron chi connectivity index (χ0n) is 13.6. The van der Waals surface area contributed by atoms with Crippen molar-refractivity contribution >= 4 is 27.1 Å². The van der Waals surface area contributed by atoms with Crippen molar-refractivity contribution in [2.45, 2.75) is 52.5 Å². The van der Waals surface area contributed by atoms with Crippen molar-refractivity contribution in [1.29, 1.82) is 0 Å². The van der Waals surface area contributed by atoms with Crippen LogP contribution < -0.4 is 0 Å². The van der Waals surface area contributed by atoms with Crippen molar-refractivity contribution in [3.63, 3.8) is 0 Å². The molecule has 1 fully saturated rings. The number of aryl methyl sites for hydroxylation is 2. The first-order chi connectivity index (χ1) is 10.4. The smallest absolute Gasteiger partial charge is 0.264 e. The summed E-state index contributed by atoms with van der Waals surface area (Å²) in [5.74, 6) is 0.327. The van der Waals surface area contributed by atoms with E-state index < -0.39 is 9.84 Å². The molecule has 1 aromatic rings. The van der Waals surface area contributed by atoms with Crippen molar-refractivity contribution in [2.75, 3.05) is 18.1 Å². The minimum absolute atomic E-state index is 0.00310. The van der Waals surface area contributed by atoms with Crippen LogP contribution in [0.25, 0.3) is 0 Å². The predicted octanol–water partition coefficient (Wildman–Crippen LogP) is 3.05. The van der Waals surface area contributed by atoms with Crippen LogP contribution in [0.3, 0.4) is 0 Å². The van der Waals surface area contributed by atoms with E-state index in [0.717, 1.165) is 24.1 Å². The molecule has 4 nitrogen and oxygen atoms in total. The molecule has 1 amide bonds. The Morgan fingerprint density at radius 3 is 2.64 bits per heavy atom. The molecule has 0 spiro atoms. The molecule has 2 heterocycles. The van der Waals surface area contributed by atoms with Crippen molar-refractivity contribution in [3.8, 4) is 0 Å². The standard InChI is InChI=1S/C16H25NO3S2/c1-4-6-8-17(14-7-9-22(19,20)11-14)16(18)15-10-13(5-2)12(3)21-15/h10,14H,4-9,11H2,1-3H3. The Kier molecular flexibility index (Phi) is 5.66. The molecule has 0 N–H and O–H groups in total. The maximum Gasteiger partial charge on any atom is 0.264 e. The van der Waals surface area contributed by atoms with Crippen LogP contribution in [0.15, 0.2) is 6.07 Å². The Bertz CT molecular complexity index is 634. The van der Waals surface area contributed by atoms with Gasteiger partial charge in [0.05, 0.1) is 16.4 Å². The number of hydrogen-bond donors (Lipinski definition) is 0. The monoisotopic (exact) mass is 343 g/mol. The zero-order chi connectivity index (χ0) is 16.3. The van der Waals surface area contributed by atoms with Gasteiger partial charge in [-0.2, -0.15) is 0 Å². The van der Waals surface area contributed by atoms with E-state index in [9.17, 15) is 13.2 Å². The molecule has 1 aliphatic rings. The summed E-state index contributed by atoms with van der Waals surface area (Å²) in [6, 6.07) is 1.82. The maximum absolute atomic E-state index is 12.9.